The molecule has 0 saturated heterocycles. The molecule has 2 rings (SSSR count). The lowest BCUT2D eigenvalue weighted by atomic mass is 10.0. The monoisotopic (exact) mass is 388 g/mol. The summed E-state index contributed by atoms with van der Waals surface area (Å²) in [5, 5.41) is 6.63. The first-order valence-corrected chi connectivity index (χ1v) is 10.5. The lowest BCUT2D eigenvalue weighted by Crippen LogP contribution is -2.40. The van der Waals surface area contributed by atoms with Crippen LogP contribution in [-0.2, 0) is 16.0 Å². The van der Waals surface area contributed by atoms with Crippen LogP contribution >= 0.6 is 0 Å². The van der Waals surface area contributed by atoms with E-state index in [4.69, 9.17) is 4.74 Å². The molecule has 0 saturated carbocycles. The molecule has 156 valence electrons. The van der Waals surface area contributed by atoms with Crippen LogP contribution in [0.4, 0.5) is 5.69 Å². The second kappa shape index (κ2) is 11.7. The van der Waals surface area contributed by atoms with Gasteiger partial charge in [-0.05, 0) is 43.7 Å². The van der Waals surface area contributed by atoms with Crippen molar-refractivity contribution in [2.45, 2.75) is 52.6 Å². The van der Waals surface area contributed by atoms with Crippen molar-refractivity contribution < 1.29 is 9.53 Å². The molecular weight excluding hydrogens is 352 g/mol. The number of carbonyl (C=O) groups is 1. The van der Waals surface area contributed by atoms with Crippen molar-refractivity contribution in [3.63, 3.8) is 0 Å². The van der Waals surface area contributed by atoms with E-state index in [9.17, 15) is 4.79 Å². The molecule has 1 unspecified atom stereocenters. The molecule has 0 bridgehead atoms. The number of amides is 1. The molecule has 1 amide bonds. The van der Waals surface area contributed by atoms with Gasteiger partial charge in [0.05, 0.1) is 6.10 Å². The third-order valence-electron chi connectivity index (χ3n) is 5.12. The molecule has 6 nitrogen and oxygen atoms in total. The molecule has 0 radical (unpaired) electrons. The first-order valence-electron chi connectivity index (χ1n) is 10.5. The molecule has 0 spiro atoms. The predicted molar refractivity (Wildman–Crippen MR) is 116 cm³/mol. The van der Waals surface area contributed by atoms with Gasteiger partial charge in [-0.25, -0.2) is 0 Å². The Balaban J connectivity index is 1.66. The van der Waals surface area contributed by atoms with Crippen molar-refractivity contribution in [2.24, 2.45) is 10.9 Å². The summed E-state index contributed by atoms with van der Waals surface area (Å²) in [5.41, 5.74) is 2.34. The Morgan fingerprint density at radius 2 is 2.00 bits per heavy atom. The SMILES string of the molecule is CCOC(CCNC(=NC)NCCCC(=O)N1CCc2ccccc21)C(C)C. The summed E-state index contributed by atoms with van der Waals surface area (Å²) in [5.74, 6) is 1.47. The average Bonchev–Trinajstić information content (AvgIpc) is 3.13. The Kier molecular flexibility index (Phi) is 9.28. The molecule has 1 aliphatic heterocycles. The van der Waals surface area contributed by atoms with Crippen LogP contribution in [0.1, 0.15) is 45.6 Å². The zero-order valence-electron chi connectivity index (χ0n) is 17.8. The molecule has 0 aromatic heterocycles. The van der Waals surface area contributed by atoms with Crippen LogP contribution in [0.3, 0.4) is 0 Å². The normalized spacial score (nSPS) is 14.9. The number of nitrogens with zero attached hydrogens (tertiary/aromatic N) is 2. The molecule has 0 aliphatic carbocycles. The van der Waals surface area contributed by atoms with Crippen molar-refractivity contribution in [3.05, 3.63) is 29.8 Å². The first-order chi connectivity index (χ1) is 13.6. The van der Waals surface area contributed by atoms with Gasteiger partial charge in [-0.15, -0.1) is 0 Å². The summed E-state index contributed by atoms with van der Waals surface area (Å²) in [7, 11) is 1.77. The van der Waals surface area contributed by atoms with Crippen molar-refractivity contribution in [1.82, 2.24) is 10.6 Å². The highest BCUT2D eigenvalue weighted by Crippen LogP contribution is 2.27. The highest BCUT2D eigenvalue weighted by Gasteiger charge is 2.23. The fourth-order valence-corrected chi connectivity index (χ4v) is 3.56. The Hall–Kier alpha value is -2.08. The van der Waals surface area contributed by atoms with Crippen LogP contribution in [0.5, 0.6) is 0 Å². The van der Waals surface area contributed by atoms with Gasteiger partial charge >= 0.3 is 0 Å². The lowest BCUT2D eigenvalue weighted by Gasteiger charge is -2.21. The molecule has 1 heterocycles. The van der Waals surface area contributed by atoms with E-state index in [0.29, 0.717) is 12.3 Å². The second-order valence-electron chi connectivity index (χ2n) is 7.48. The largest absolute Gasteiger partial charge is 0.378 e. The number of benzene rings is 1. The number of nitrogens with one attached hydrogen (secondary N) is 2. The number of ether oxygens (including phenoxy) is 1. The molecule has 2 N–H and O–H groups in total. The van der Waals surface area contributed by atoms with Gasteiger partial charge in [0.15, 0.2) is 5.96 Å². The maximum atomic E-state index is 12.5. The van der Waals surface area contributed by atoms with Gasteiger partial charge in [-0.1, -0.05) is 32.0 Å². The van der Waals surface area contributed by atoms with Crippen molar-refractivity contribution in [2.75, 3.05) is 38.2 Å². The van der Waals surface area contributed by atoms with Crippen molar-refractivity contribution in [3.8, 4) is 0 Å². The number of rotatable bonds is 10. The number of para-hydroxylation sites is 1. The van der Waals surface area contributed by atoms with Crippen molar-refractivity contribution in [1.29, 1.82) is 0 Å². The van der Waals surface area contributed by atoms with E-state index in [1.165, 1.54) is 5.56 Å². The summed E-state index contributed by atoms with van der Waals surface area (Å²) in [6.45, 7) is 9.47. The van der Waals surface area contributed by atoms with Gasteiger partial charge in [-0.3, -0.25) is 9.79 Å². The van der Waals surface area contributed by atoms with Crippen molar-refractivity contribution >= 4 is 17.6 Å². The van der Waals surface area contributed by atoms with Crippen LogP contribution in [-0.4, -0.2) is 51.3 Å². The third kappa shape index (κ3) is 6.51. The molecule has 6 heteroatoms. The smallest absolute Gasteiger partial charge is 0.227 e. The Labute approximate surface area is 169 Å². The molecule has 28 heavy (non-hydrogen) atoms. The summed E-state index contributed by atoms with van der Waals surface area (Å²) in [6.07, 6.45) is 3.48. The first kappa shape index (κ1) is 22.2. The number of hydrogen-bond donors (Lipinski definition) is 2. The van der Waals surface area contributed by atoms with Gasteiger partial charge in [-0.2, -0.15) is 0 Å². The van der Waals surface area contributed by atoms with Crippen LogP contribution in [0.2, 0.25) is 0 Å². The molecule has 1 atom stereocenters. The fraction of sp³-hybridized carbons (Fsp3) is 0.636. The number of guanidine groups is 1. The Morgan fingerprint density at radius 3 is 2.71 bits per heavy atom. The summed E-state index contributed by atoms with van der Waals surface area (Å²) in [4.78, 5) is 18.7. The zero-order valence-corrected chi connectivity index (χ0v) is 17.8. The van der Waals surface area contributed by atoms with E-state index < -0.39 is 0 Å². The number of fused-ring (bicyclic) bond motifs is 1. The minimum atomic E-state index is 0.200. The standard InChI is InChI=1S/C22H36N4O2/c1-5-28-20(17(2)3)12-15-25-22(23-4)24-14-8-11-21(27)26-16-13-18-9-6-7-10-19(18)26/h6-7,9-10,17,20H,5,8,11-16H2,1-4H3,(H2,23,24,25). The third-order valence-corrected chi connectivity index (χ3v) is 5.12. The highest BCUT2D eigenvalue weighted by molar-refractivity contribution is 5.95. The maximum Gasteiger partial charge on any atom is 0.227 e. The number of anilines is 1. The summed E-state index contributed by atoms with van der Waals surface area (Å²) >= 11 is 0. The molecule has 1 aromatic rings. The zero-order chi connectivity index (χ0) is 20.4. The van der Waals surface area contributed by atoms with E-state index in [1.807, 2.05) is 30.0 Å². The number of hydrogen-bond acceptors (Lipinski definition) is 3. The lowest BCUT2D eigenvalue weighted by molar-refractivity contribution is -0.118. The van der Waals surface area contributed by atoms with Gasteiger partial charge < -0.3 is 20.3 Å². The van der Waals surface area contributed by atoms with E-state index in [-0.39, 0.29) is 12.0 Å². The van der Waals surface area contributed by atoms with E-state index in [1.54, 1.807) is 7.05 Å². The second-order valence-corrected chi connectivity index (χ2v) is 7.48. The minimum absolute atomic E-state index is 0.200. The predicted octanol–water partition coefficient (Wildman–Crippen LogP) is 2.97. The van der Waals surface area contributed by atoms with Gasteiger partial charge in [0, 0.05) is 45.4 Å². The fourth-order valence-electron chi connectivity index (χ4n) is 3.56. The topological polar surface area (TPSA) is 66.0 Å². The van der Waals surface area contributed by atoms with Crippen LogP contribution in [0.15, 0.2) is 29.3 Å². The average molecular weight is 389 g/mol. The molecule has 0 fully saturated rings. The number of carbonyl (C=O) groups excluding carboxylic acids is 1. The summed E-state index contributed by atoms with van der Waals surface area (Å²) in [6, 6.07) is 8.18. The quantitative estimate of drug-likeness (QED) is 0.367. The van der Waals surface area contributed by atoms with E-state index >= 15 is 0 Å². The van der Waals surface area contributed by atoms with Crippen LogP contribution in [0, 0.1) is 5.92 Å². The highest BCUT2D eigenvalue weighted by atomic mass is 16.5. The molecule has 1 aliphatic rings. The summed E-state index contributed by atoms with van der Waals surface area (Å²) < 4.78 is 5.78. The minimum Gasteiger partial charge on any atom is -0.378 e. The van der Waals surface area contributed by atoms with E-state index in [0.717, 1.165) is 57.2 Å². The van der Waals surface area contributed by atoms with Crippen LogP contribution in [0.25, 0.3) is 0 Å². The van der Waals surface area contributed by atoms with Gasteiger partial charge in [0.25, 0.3) is 0 Å². The van der Waals surface area contributed by atoms with Gasteiger partial charge in [0.2, 0.25) is 5.91 Å². The molecule has 1 aromatic carbocycles. The van der Waals surface area contributed by atoms with E-state index in [2.05, 4.69) is 35.5 Å². The van der Waals surface area contributed by atoms with Crippen LogP contribution < -0.4 is 15.5 Å². The number of aliphatic imine (C=N–C) groups is 1. The molecular formula is C22H36N4O2. The maximum absolute atomic E-state index is 12.5. The Bertz CT molecular complexity index is 645. The van der Waals surface area contributed by atoms with Gasteiger partial charge in [0.1, 0.15) is 0 Å². The Morgan fingerprint density at radius 1 is 1.25 bits per heavy atom.